The molecule has 0 aliphatic heterocycles. The standard InChI is InChI=1S/C16H15F2NO2/c17-16(18)21-14-8-4-7-13(9-14)15(20)11-19-10-12-5-2-1-3-6-12/h1-10,15-16,20H,11H2/b19-10-. The van der Waals surface area contributed by atoms with Crippen molar-refractivity contribution in [3.05, 3.63) is 65.7 Å². The van der Waals surface area contributed by atoms with Crippen molar-refractivity contribution in [1.82, 2.24) is 0 Å². The number of aliphatic hydroxyl groups excluding tert-OH is 1. The summed E-state index contributed by atoms with van der Waals surface area (Å²) in [5.41, 5.74) is 1.41. The van der Waals surface area contributed by atoms with E-state index in [0.29, 0.717) is 5.56 Å². The highest BCUT2D eigenvalue weighted by atomic mass is 19.3. The summed E-state index contributed by atoms with van der Waals surface area (Å²) in [5.74, 6) is 0.0218. The van der Waals surface area contributed by atoms with Crippen LogP contribution in [0.4, 0.5) is 8.78 Å². The summed E-state index contributed by atoms with van der Waals surface area (Å²) in [6.45, 7) is -2.74. The van der Waals surface area contributed by atoms with Gasteiger partial charge in [-0.05, 0) is 23.3 Å². The summed E-state index contributed by atoms with van der Waals surface area (Å²) in [6, 6.07) is 15.5. The quantitative estimate of drug-likeness (QED) is 0.828. The first-order valence-electron chi connectivity index (χ1n) is 6.43. The summed E-state index contributed by atoms with van der Waals surface area (Å²) in [4.78, 5) is 4.14. The Hall–Kier alpha value is -2.27. The van der Waals surface area contributed by atoms with Crippen LogP contribution in [0, 0.1) is 0 Å². The van der Waals surface area contributed by atoms with Crippen molar-refractivity contribution in [3.8, 4) is 5.75 Å². The van der Waals surface area contributed by atoms with Crippen LogP contribution in [0.2, 0.25) is 0 Å². The van der Waals surface area contributed by atoms with Gasteiger partial charge in [-0.25, -0.2) is 0 Å². The molecule has 0 radical (unpaired) electrons. The minimum atomic E-state index is -2.88. The molecule has 21 heavy (non-hydrogen) atoms. The number of aliphatic hydroxyl groups is 1. The largest absolute Gasteiger partial charge is 0.435 e. The van der Waals surface area contributed by atoms with Gasteiger partial charge in [0.2, 0.25) is 0 Å². The van der Waals surface area contributed by atoms with E-state index in [1.165, 1.54) is 12.1 Å². The average molecular weight is 291 g/mol. The predicted molar refractivity (Wildman–Crippen MR) is 76.9 cm³/mol. The van der Waals surface area contributed by atoms with Crippen molar-refractivity contribution in [2.45, 2.75) is 12.7 Å². The van der Waals surface area contributed by atoms with E-state index in [1.807, 2.05) is 30.3 Å². The Labute approximate surface area is 121 Å². The molecule has 110 valence electrons. The van der Waals surface area contributed by atoms with Crippen LogP contribution < -0.4 is 4.74 Å². The average Bonchev–Trinajstić information content (AvgIpc) is 2.48. The summed E-state index contributed by atoms with van der Waals surface area (Å²) in [6.07, 6.45) is 0.786. The molecule has 0 amide bonds. The van der Waals surface area contributed by atoms with Gasteiger partial charge in [-0.2, -0.15) is 8.78 Å². The molecule has 0 fully saturated rings. The van der Waals surface area contributed by atoms with E-state index in [-0.39, 0.29) is 12.3 Å². The lowest BCUT2D eigenvalue weighted by atomic mass is 10.1. The second-order valence-corrected chi connectivity index (χ2v) is 4.37. The zero-order chi connectivity index (χ0) is 15.1. The maximum Gasteiger partial charge on any atom is 0.387 e. The van der Waals surface area contributed by atoms with Gasteiger partial charge in [0.05, 0.1) is 12.6 Å². The molecule has 0 saturated heterocycles. The van der Waals surface area contributed by atoms with Gasteiger partial charge in [-0.1, -0.05) is 42.5 Å². The van der Waals surface area contributed by atoms with Crippen molar-refractivity contribution in [2.24, 2.45) is 4.99 Å². The number of nitrogens with zero attached hydrogens (tertiary/aromatic N) is 1. The van der Waals surface area contributed by atoms with Gasteiger partial charge in [0, 0.05) is 6.21 Å². The van der Waals surface area contributed by atoms with Crippen LogP contribution >= 0.6 is 0 Å². The predicted octanol–water partition coefficient (Wildman–Crippen LogP) is 3.44. The van der Waals surface area contributed by atoms with Gasteiger partial charge in [-0.15, -0.1) is 0 Å². The third-order valence-electron chi connectivity index (χ3n) is 2.79. The highest BCUT2D eigenvalue weighted by molar-refractivity contribution is 5.79. The summed E-state index contributed by atoms with van der Waals surface area (Å²) >= 11 is 0. The van der Waals surface area contributed by atoms with Crippen molar-refractivity contribution in [1.29, 1.82) is 0 Å². The van der Waals surface area contributed by atoms with E-state index in [4.69, 9.17) is 0 Å². The minimum Gasteiger partial charge on any atom is -0.435 e. The topological polar surface area (TPSA) is 41.8 Å². The van der Waals surface area contributed by atoms with Crippen molar-refractivity contribution in [2.75, 3.05) is 6.54 Å². The third kappa shape index (κ3) is 4.96. The highest BCUT2D eigenvalue weighted by Gasteiger charge is 2.09. The second kappa shape index (κ2) is 7.50. The van der Waals surface area contributed by atoms with Crippen LogP contribution in [0.25, 0.3) is 0 Å². The molecule has 0 aliphatic carbocycles. The molecule has 0 aromatic heterocycles. The van der Waals surface area contributed by atoms with Gasteiger partial charge in [0.15, 0.2) is 0 Å². The number of rotatable bonds is 6. The first-order valence-corrected chi connectivity index (χ1v) is 6.43. The lowest BCUT2D eigenvalue weighted by molar-refractivity contribution is -0.0499. The van der Waals surface area contributed by atoms with Crippen LogP contribution in [0.3, 0.4) is 0 Å². The summed E-state index contributed by atoms with van der Waals surface area (Å²) in [5, 5.41) is 10.0. The number of aliphatic imine (C=N–C) groups is 1. The minimum absolute atomic E-state index is 0.0218. The van der Waals surface area contributed by atoms with Gasteiger partial charge < -0.3 is 9.84 Å². The molecule has 5 heteroatoms. The van der Waals surface area contributed by atoms with Gasteiger partial charge in [0.25, 0.3) is 0 Å². The second-order valence-electron chi connectivity index (χ2n) is 4.37. The van der Waals surface area contributed by atoms with Crippen LogP contribution in [0.15, 0.2) is 59.6 Å². The fourth-order valence-electron chi connectivity index (χ4n) is 1.80. The van der Waals surface area contributed by atoms with E-state index in [2.05, 4.69) is 9.73 Å². The normalized spacial score (nSPS) is 12.8. The van der Waals surface area contributed by atoms with E-state index in [0.717, 1.165) is 5.56 Å². The van der Waals surface area contributed by atoms with Crippen LogP contribution in [0.1, 0.15) is 17.2 Å². The molecule has 3 nitrogen and oxygen atoms in total. The van der Waals surface area contributed by atoms with Crippen molar-refractivity contribution >= 4 is 6.21 Å². The van der Waals surface area contributed by atoms with E-state index >= 15 is 0 Å². The molecule has 2 aromatic carbocycles. The molecule has 1 atom stereocenters. The molecule has 2 aromatic rings. The van der Waals surface area contributed by atoms with Gasteiger partial charge in [-0.3, -0.25) is 4.99 Å². The monoisotopic (exact) mass is 291 g/mol. The number of hydrogen-bond donors (Lipinski definition) is 1. The number of benzene rings is 2. The zero-order valence-electron chi connectivity index (χ0n) is 11.2. The number of halogens is 2. The first kappa shape index (κ1) is 15.1. The Balaban J connectivity index is 1.97. The molecule has 2 rings (SSSR count). The van der Waals surface area contributed by atoms with Crippen LogP contribution in [-0.4, -0.2) is 24.5 Å². The van der Waals surface area contributed by atoms with Gasteiger partial charge in [0.1, 0.15) is 5.75 Å². The lowest BCUT2D eigenvalue weighted by Crippen LogP contribution is -2.05. The Morgan fingerprint density at radius 2 is 1.86 bits per heavy atom. The van der Waals surface area contributed by atoms with E-state index < -0.39 is 12.7 Å². The lowest BCUT2D eigenvalue weighted by Gasteiger charge is -2.10. The Bertz CT molecular complexity index is 588. The maximum absolute atomic E-state index is 12.1. The van der Waals surface area contributed by atoms with Crippen LogP contribution in [-0.2, 0) is 0 Å². The van der Waals surface area contributed by atoms with Gasteiger partial charge >= 0.3 is 6.61 Å². The highest BCUT2D eigenvalue weighted by Crippen LogP contribution is 2.21. The molecular weight excluding hydrogens is 276 g/mol. The maximum atomic E-state index is 12.1. The first-order chi connectivity index (χ1) is 10.1. The Morgan fingerprint density at radius 1 is 1.10 bits per heavy atom. The smallest absolute Gasteiger partial charge is 0.387 e. The Kier molecular flexibility index (Phi) is 5.40. The Morgan fingerprint density at radius 3 is 2.57 bits per heavy atom. The number of alkyl halides is 2. The SMILES string of the molecule is OC(C/N=C\c1ccccc1)c1cccc(OC(F)F)c1. The molecule has 1 unspecified atom stereocenters. The number of ether oxygens (including phenoxy) is 1. The fraction of sp³-hybridized carbons (Fsp3) is 0.188. The number of hydrogen-bond acceptors (Lipinski definition) is 3. The molecular formula is C16H15F2NO2. The molecule has 0 saturated carbocycles. The van der Waals surface area contributed by atoms with Crippen molar-refractivity contribution in [3.63, 3.8) is 0 Å². The summed E-state index contributed by atoms with van der Waals surface area (Å²) < 4.78 is 28.6. The molecule has 0 aliphatic rings. The molecule has 1 N–H and O–H groups in total. The molecule has 0 spiro atoms. The zero-order valence-corrected chi connectivity index (χ0v) is 11.2. The van der Waals surface area contributed by atoms with E-state index in [1.54, 1.807) is 18.3 Å². The summed E-state index contributed by atoms with van der Waals surface area (Å²) in [7, 11) is 0. The fourth-order valence-corrected chi connectivity index (χ4v) is 1.80. The third-order valence-corrected chi connectivity index (χ3v) is 2.79. The van der Waals surface area contributed by atoms with Crippen LogP contribution in [0.5, 0.6) is 5.75 Å². The molecule has 0 heterocycles. The molecule has 0 bridgehead atoms. The van der Waals surface area contributed by atoms with Crippen molar-refractivity contribution < 1.29 is 18.6 Å². The van der Waals surface area contributed by atoms with E-state index in [9.17, 15) is 13.9 Å².